The minimum Gasteiger partial charge on any atom is -0.336 e. The van der Waals surface area contributed by atoms with Gasteiger partial charge in [0, 0.05) is 6.92 Å². The first-order valence-electron chi connectivity index (χ1n) is 5.16. The molecular weight excluding hydrogens is 236 g/mol. The van der Waals surface area contributed by atoms with Crippen molar-refractivity contribution in [3.05, 3.63) is 41.3 Å². The van der Waals surface area contributed by atoms with Crippen LogP contribution in [0.5, 0.6) is 0 Å². The molecule has 0 fully saturated rings. The van der Waals surface area contributed by atoms with Crippen LogP contribution in [0.25, 0.3) is 5.70 Å². The maximum Gasteiger partial charge on any atom is 0.257 e. The second kappa shape index (κ2) is 5.05. The van der Waals surface area contributed by atoms with Crippen molar-refractivity contribution in [2.24, 2.45) is 0 Å². The Balaban J connectivity index is 2.13. The lowest BCUT2D eigenvalue weighted by molar-refractivity contribution is -0.125. The fraction of sp³-hybridized carbons (Fsp3) is 0.167. The van der Waals surface area contributed by atoms with Crippen molar-refractivity contribution in [1.29, 1.82) is 0 Å². The van der Waals surface area contributed by atoms with Gasteiger partial charge in [0.2, 0.25) is 5.91 Å². The molecule has 0 saturated carbocycles. The average molecular weight is 248 g/mol. The van der Waals surface area contributed by atoms with E-state index in [4.69, 9.17) is 0 Å². The highest BCUT2D eigenvalue weighted by molar-refractivity contribution is 8.03. The molecule has 1 aliphatic rings. The molecule has 5 heteroatoms. The Kier molecular flexibility index (Phi) is 3.49. The van der Waals surface area contributed by atoms with Gasteiger partial charge in [-0.15, -0.1) is 0 Å². The van der Waals surface area contributed by atoms with E-state index in [2.05, 4.69) is 10.6 Å². The fourth-order valence-corrected chi connectivity index (χ4v) is 2.35. The van der Waals surface area contributed by atoms with Gasteiger partial charge in [0.25, 0.3) is 5.91 Å². The van der Waals surface area contributed by atoms with Crippen LogP contribution in [0.3, 0.4) is 0 Å². The zero-order valence-electron chi connectivity index (χ0n) is 9.27. The number of rotatable bonds is 2. The molecule has 1 atom stereocenters. The molecule has 1 aromatic carbocycles. The lowest BCUT2D eigenvalue weighted by Gasteiger charge is -2.22. The Morgan fingerprint density at radius 2 is 2.06 bits per heavy atom. The van der Waals surface area contributed by atoms with Crippen LogP contribution in [0, 0.1) is 0 Å². The number of thioether (sulfide) groups is 1. The third-order valence-electron chi connectivity index (χ3n) is 2.24. The molecule has 4 nitrogen and oxygen atoms in total. The van der Waals surface area contributed by atoms with Gasteiger partial charge in [-0.1, -0.05) is 42.1 Å². The van der Waals surface area contributed by atoms with E-state index in [0.29, 0.717) is 0 Å². The van der Waals surface area contributed by atoms with E-state index >= 15 is 0 Å². The van der Waals surface area contributed by atoms with Crippen LogP contribution in [-0.2, 0) is 9.59 Å². The van der Waals surface area contributed by atoms with Crippen LogP contribution >= 0.6 is 11.8 Å². The molecular formula is C12H12N2O2S. The third kappa shape index (κ3) is 2.88. The highest BCUT2D eigenvalue weighted by Gasteiger charge is 2.24. The first kappa shape index (κ1) is 11.7. The monoisotopic (exact) mass is 248 g/mol. The predicted molar refractivity (Wildman–Crippen MR) is 67.8 cm³/mol. The molecule has 0 radical (unpaired) electrons. The number of carbonyl (C=O) groups excluding carboxylic acids is 2. The van der Waals surface area contributed by atoms with E-state index in [1.807, 2.05) is 35.7 Å². The molecule has 1 unspecified atom stereocenters. The number of nitrogens with one attached hydrogen (secondary N) is 2. The summed E-state index contributed by atoms with van der Waals surface area (Å²) in [6.45, 7) is 1.39. The number of carbonyl (C=O) groups is 2. The van der Waals surface area contributed by atoms with E-state index in [1.54, 1.807) is 0 Å². The minimum atomic E-state index is -0.542. The standard InChI is InChI=1S/C12H12N2O2S/c1-8(15)13-12-11(16)14-10(7-17-12)9-5-3-2-4-6-9/h2-7,12H,1H3,(H,13,15)(H,14,16). The number of hydrogen-bond acceptors (Lipinski definition) is 3. The van der Waals surface area contributed by atoms with E-state index in [0.717, 1.165) is 11.3 Å². The number of amides is 2. The van der Waals surface area contributed by atoms with Crippen molar-refractivity contribution >= 4 is 29.3 Å². The lowest BCUT2D eigenvalue weighted by Crippen LogP contribution is -2.44. The van der Waals surface area contributed by atoms with Gasteiger partial charge < -0.3 is 10.6 Å². The Morgan fingerprint density at radius 3 is 2.65 bits per heavy atom. The highest BCUT2D eigenvalue weighted by Crippen LogP contribution is 2.23. The summed E-state index contributed by atoms with van der Waals surface area (Å²) in [4.78, 5) is 22.6. The SMILES string of the molecule is CC(=O)NC1SC=C(c2ccccc2)NC1=O. The van der Waals surface area contributed by atoms with Gasteiger partial charge in [0.1, 0.15) is 0 Å². The first-order chi connectivity index (χ1) is 8.16. The van der Waals surface area contributed by atoms with Crippen LogP contribution in [0.1, 0.15) is 12.5 Å². The second-order valence-corrected chi connectivity index (χ2v) is 4.58. The minimum absolute atomic E-state index is 0.202. The van der Waals surface area contributed by atoms with Crippen molar-refractivity contribution < 1.29 is 9.59 Å². The van der Waals surface area contributed by atoms with Gasteiger partial charge in [0.05, 0.1) is 5.70 Å². The largest absolute Gasteiger partial charge is 0.336 e. The topological polar surface area (TPSA) is 58.2 Å². The summed E-state index contributed by atoms with van der Waals surface area (Å²) >= 11 is 1.30. The van der Waals surface area contributed by atoms with Gasteiger partial charge in [0.15, 0.2) is 5.37 Å². The van der Waals surface area contributed by atoms with Crippen molar-refractivity contribution in [1.82, 2.24) is 10.6 Å². The summed E-state index contributed by atoms with van der Waals surface area (Å²) in [5.41, 5.74) is 1.72. The van der Waals surface area contributed by atoms with Gasteiger partial charge in [-0.2, -0.15) is 0 Å². The number of benzene rings is 1. The van der Waals surface area contributed by atoms with Crippen LogP contribution in [-0.4, -0.2) is 17.2 Å². The van der Waals surface area contributed by atoms with Crippen molar-refractivity contribution in [2.75, 3.05) is 0 Å². The quantitative estimate of drug-likeness (QED) is 0.829. The molecule has 1 aromatic rings. The normalized spacial score (nSPS) is 19.2. The molecule has 0 aliphatic carbocycles. The van der Waals surface area contributed by atoms with Crippen molar-refractivity contribution in [3.63, 3.8) is 0 Å². The van der Waals surface area contributed by atoms with E-state index < -0.39 is 5.37 Å². The summed E-state index contributed by atoms with van der Waals surface area (Å²) in [5.74, 6) is -0.416. The van der Waals surface area contributed by atoms with E-state index in [1.165, 1.54) is 18.7 Å². The van der Waals surface area contributed by atoms with E-state index in [9.17, 15) is 9.59 Å². The Labute approximate surface area is 103 Å². The summed E-state index contributed by atoms with van der Waals surface area (Å²) in [6, 6.07) is 9.58. The molecule has 0 aromatic heterocycles. The van der Waals surface area contributed by atoms with Crippen LogP contribution in [0.15, 0.2) is 35.7 Å². The molecule has 88 valence electrons. The molecule has 0 bridgehead atoms. The van der Waals surface area contributed by atoms with Crippen molar-refractivity contribution in [3.8, 4) is 0 Å². The maximum atomic E-state index is 11.7. The van der Waals surface area contributed by atoms with Gasteiger partial charge in [-0.25, -0.2) is 0 Å². The molecule has 2 rings (SSSR count). The molecule has 2 N–H and O–H groups in total. The van der Waals surface area contributed by atoms with E-state index in [-0.39, 0.29) is 11.8 Å². The van der Waals surface area contributed by atoms with Crippen LogP contribution < -0.4 is 10.6 Å². The zero-order valence-corrected chi connectivity index (χ0v) is 10.1. The smallest absolute Gasteiger partial charge is 0.257 e. The molecule has 1 heterocycles. The zero-order chi connectivity index (χ0) is 12.3. The molecule has 17 heavy (non-hydrogen) atoms. The molecule has 2 amide bonds. The van der Waals surface area contributed by atoms with Gasteiger partial charge in [-0.3, -0.25) is 9.59 Å². The molecule has 0 spiro atoms. The summed E-state index contributed by atoms with van der Waals surface area (Å²) in [7, 11) is 0. The third-order valence-corrected chi connectivity index (χ3v) is 3.21. The van der Waals surface area contributed by atoms with Crippen molar-refractivity contribution in [2.45, 2.75) is 12.3 Å². The Morgan fingerprint density at radius 1 is 1.35 bits per heavy atom. The summed E-state index contributed by atoms with van der Waals surface area (Å²) in [5, 5.41) is 6.65. The molecule has 1 aliphatic heterocycles. The summed E-state index contributed by atoms with van der Waals surface area (Å²) < 4.78 is 0. The predicted octanol–water partition coefficient (Wildman–Crippen LogP) is 1.31. The average Bonchev–Trinajstić information content (AvgIpc) is 2.32. The van der Waals surface area contributed by atoms with Crippen LogP contribution in [0.2, 0.25) is 0 Å². The van der Waals surface area contributed by atoms with Gasteiger partial charge >= 0.3 is 0 Å². The molecule has 0 saturated heterocycles. The maximum absolute atomic E-state index is 11.7. The number of hydrogen-bond donors (Lipinski definition) is 2. The lowest BCUT2D eigenvalue weighted by atomic mass is 10.2. The first-order valence-corrected chi connectivity index (χ1v) is 6.10. The van der Waals surface area contributed by atoms with Gasteiger partial charge in [-0.05, 0) is 11.0 Å². The second-order valence-electron chi connectivity index (χ2n) is 3.60. The van der Waals surface area contributed by atoms with Crippen LogP contribution in [0.4, 0.5) is 0 Å². The Bertz CT molecular complexity index is 471. The summed E-state index contributed by atoms with van der Waals surface area (Å²) in [6.07, 6.45) is 0. The fourth-order valence-electron chi connectivity index (χ4n) is 1.47. The highest BCUT2D eigenvalue weighted by atomic mass is 32.2. The Hall–Kier alpha value is -1.75.